The van der Waals surface area contributed by atoms with Crippen molar-refractivity contribution < 1.29 is 19.4 Å². The maximum absolute atomic E-state index is 12.4. The van der Waals surface area contributed by atoms with Crippen LogP contribution in [0.5, 0.6) is 11.5 Å². The van der Waals surface area contributed by atoms with E-state index in [4.69, 9.17) is 9.47 Å². The molecule has 0 amide bonds. The highest BCUT2D eigenvalue weighted by Crippen LogP contribution is 2.30. The van der Waals surface area contributed by atoms with Gasteiger partial charge < -0.3 is 9.47 Å². The molecule has 0 aliphatic carbocycles. The van der Waals surface area contributed by atoms with Gasteiger partial charge in [0.15, 0.2) is 6.10 Å². The molecule has 0 aliphatic heterocycles. The number of hydrogen-bond donors (Lipinski definition) is 0. The lowest BCUT2D eigenvalue weighted by atomic mass is 9.98. The van der Waals surface area contributed by atoms with Crippen LogP contribution in [0.25, 0.3) is 0 Å². The third-order valence-electron chi connectivity index (χ3n) is 3.23. The van der Waals surface area contributed by atoms with E-state index in [0.717, 1.165) is 5.56 Å². The van der Waals surface area contributed by atoms with Crippen molar-refractivity contribution in [1.82, 2.24) is 0 Å². The van der Waals surface area contributed by atoms with Gasteiger partial charge in [0.1, 0.15) is 17.1 Å². The molecule has 109 valence electrons. The lowest BCUT2D eigenvalue weighted by Gasteiger charge is -2.14. The Balaban J connectivity index is 2.27. The quantitative estimate of drug-likeness (QED) is 0.767. The molecule has 1 unspecified atom stereocenters. The van der Waals surface area contributed by atoms with Crippen LogP contribution in [-0.4, -0.2) is 26.1 Å². The maximum Gasteiger partial charge on any atom is 0.202 e. The van der Waals surface area contributed by atoms with Gasteiger partial charge in [-0.25, -0.2) is 5.11 Å². The fraction of sp³-hybridized carbons (Fsp3) is 0.235. The van der Waals surface area contributed by atoms with E-state index in [1.165, 1.54) is 14.2 Å². The second-order valence-electron chi connectivity index (χ2n) is 4.58. The van der Waals surface area contributed by atoms with Gasteiger partial charge in [-0.3, -0.25) is 4.79 Å². The highest BCUT2D eigenvalue weighted by Gasteiger charge is 2.26. The molecule has 0 saturated heterocycles. The van der Waals surface area contributed by atoms with Crippen LogP contribution in [0, 0.1) is 0 Å². The summed E-state index contributed by atoms with van der Waals surface area (Å²) in [5.41, 5.74) is 1.04. The Morgan fingerprint density at radius 1 is 0.952 bits per heavy atom. The van der Waals surface area contributed by atoms with E-state index in [2.05, 4.69) is 0 Å². The first-order valence-electron chi connectivity index (χ1n) is 6.62. The first-order valence-corrected chi connectivity index (χ1v) is 6.62. The molecular formula is C17H17O4. The van der Waals surface area contributed by atoms with Gasteiger partial charge in [-0.05, 0) is 17.7 Å². The normalized spacial score (nSPS) is 11.8. The van der Waals surface area contributed by atoms with Gasteiger partial charge >= 0.3 is 0 Å². The van der Waals surface area contributed by atoms with E-state index >= 15 is 0 Å². The van der Waals surface area contributed by atoms with E-state index in [1.807, 2.05) is 30.3 Å². The number of ketones is 1. The summed E-state index contributed by atoms with van der Waals surface area (Å²) in [7, 11) is 2.92. The van der Waals surface area contributed by atoms with Crippen molar-refractivity contribution in [1.29, 1.82) is 0 Å². The Labute approximate surface area is 123 Å². The second kappa shape index (κ2) is 6.90. The SMILES string of the molecule is COc1cccc(OC)c1C(=O)C([O])Cc1ccccc1. The molecule has 0 aliphatic rings. The molecule has 21 heavy (non-hydrogen) atoms. The van der Waals surface area contributed by atoms with Crippen LogP contribution in [-0.2, 0) is 11.5 Å². The average Bonchev–Trinajstić information content (AvgIpc) is 2.54. The van der Waals surface area contributed by atoms with Crippen LogP contribution in [0.3, 0.4) is 0 Å². The second-order valence-corrected chi connectivity index (χ2v) is 4.58. The monoisotopic (exact) mass is 285 g/mol. The Kier molecular flexibility index (Phi) is 4.95. The molecule has 4 nitrogen and oxygen atoms in total. The predicted octanol–water partition coefficient (Wildman–Crippen LogP) is 2.93. The molecule has 0 N–H and O–H groups in total. The number of Topliss-reactive ketones (excluding diaryl/α,β-unsaturated/α-hetero) is 1. The van der Waals surface area contributed by atoms with Crippen LogP contribution < -0.4 is 9.47 Å². The summed E-state index contributed by atoms with van der Waals surface area (Å²) in [6.45, 7) is 0. The fourth-order valence-corrected chi connectivity index (χ4v) is 2.18. The van der Waals surface area contributed by atoms with E-state index in [1.54, 1.807) is 18.2 Å². The standard InChI is InChI=1S/C17H17O4/c1-20-14-9-6-10-15(21-2)16(14)17(19)13(18)11-12-7-4-3-5-8-12/h3-10,13H,11H2,1-2H3. The van der Waals surface area contributed by atoms with Gasteiger partial charge in [0.2, 0.25) is 5.78 Å². The third kappa shape index (κ3) is 3.41. The molecule has 4 heteroatoms. The molecule has 0 heterocycles. The first-order chi connectivity index (χ1) is 10.2. The number of rotatable bonds is 6. The van der Waals surface area contributed by atoms with Crippen molar-refractivity contribution in [3.05, 3.63) is 59.7 Å². The summed E-state index contributed by atoms with van der Waals surface area (Å²) in [5, 5.41) is 12.3. The van der Waals surface area contributed by atoms with E-state index < -0.39 is 11.9 Å². The number of carbonyl (C=O) groups excluding carboxylic acids is 1. The van der Waals surface area contributed by atoms with E-state index in [-0.39, 0.29) is 12.0 Å². The molecule has 2 rings (SSSR count). The van der Waals surface area contributed by atoms with Crippen LogP contribution in [0.2, 0.25) is 0 Å². The van der Waals surface area contributed by atoms with Gasteiger partial charge in [-0.15, -0.1) is 0 Å². The summed E-state index contributed by atoms with van der Waals surface area (Å²) in [4.78, 5) is 12.4. The van der Waals surface area contributed by atoms with Crippen LogP contribution in [0.4, 0.5) is 0 Å². The number of benzene rings is 2. The Morgan fingerprint density at radius 3 is 2.05 bits per heavy atom. The summed E-state index contributed by atoms with van der Waals surface area (Å²) in [5.74, 6) is 0.190. The maximum atomic E-state index is 12.4. The van der Waals surface area contributed by atoms with Gasteiger partial charge in [0, 0.05) is 6.42 Å². The molecule has 0 saturated carbocycles. The number of methoxy groups -OCH3 is 2. The van der Waals surface area contributed by atoms with Crippen LogP contribution in [0.1, 0.15) is 15.9 Å². The Hall–Kier alpha value is -2.33. The number of hydrogen-bond acceptors (Lipinski definition) is 3. The minimum absolute atomic E-state index is 0.140. The number of ether oxygens (including phenoxy) is 2. The van der Waals surface area contributed by atoms with Crippen molar-refractivity contribution in [3.8, 4) is 11.5 Å². The van der Waals surface area contributed by atoms with Crippen molar-refractivity contribution in [2.45, 2.75) is 12.5 Å². The van der Waals surface area contributed by atoms with Gasteiger partial charge in [0.05, 0.1) is 14.2 Å². The highest BCUT2D eigenvalue weighted by atomic mass is 16.5. The zero-order valence-corrected chi connectivity index (χ0v) is 12.0. The molecule has 0 bridgehead atoms. The third-order valence-corrected chi connectivity index (χ3v) is 3.23. The van der Waals surface area contributed by atoms with Crippen molar-refractivity contribution in [2.24, 2.45) is 0 Å². The summed E-state index contributed by atoms with van der Waals surface area (Å²) in [6.07, 6.45) is -1.25. The van der Waals surface area contributed by atoms with Crippen molar-refractivity contribution in [2.75, 3.05) is 14.2 Å². The Bertz CT molecular complexity index is 585. The fourth-order valence-electron chi connectivity index (χ4n) is 2.18. The smallest absolute Gasteiger partial charge is 0.202 e. The lowest BCUT2D eigenvalue weighted by molar-refractivity contribution is 0.0542. The molecule has 1 atom stereocenters. The van der Waals surface area contributed by atoms with E-state index in [9.17, 15) is 9.90 Å². The molecule has 0 aromatic heterocycles. The highest BCUT2D eigenvalue weighted by molar-refractivity contribution is 6.04. The summed E-state index contributed by atoms with van der Waals surface area (Å²) in [6, 6.07) is 14.2. The van der Waals surface area contributed by atoms with Gasteiger partial charge in [0.25, 0.3) is 0 Å². The number of carbonyl (C=O) groups is 1. The molecule has 2 aromatic carbocycles. The van der Waals surface area contributed by atoms with Crippen molar-refractivity contribution in [3.63, 3.8) is 0 Å². The summed E-state index contributed by atoms with van der Waals surface area (Å²) >= 11 is 0. The molecule has 0 fully saturated rings. The Morgan fingerprint density at radius 2 is 1.52 bits per heavy atom. The van der Waals surface area contributed by atoms with Gasteiger partial charge in [-0.1, -0.05) is 36.4 Å². The topological polar surface area (TPSA) is 55.4 Å². The van der Waals surface area contributed by atoms with E-state index in [0.29, 0.717) is 11.5 Å². The molecule has 1 radical (unpaired) electrons. The minimum atomic E-state index is -1.39. The van der Waals surface area contributed by atoms with Gasteiger partial charge in [-0.2, -0.15) is 0 Å². The van der Waals surface area contributed by atoms with Crippen molar-refractivity contribution >= 4 is 5.78 Å². The minimum Gasteiger partial charge on any atom is -0.496 e. The predicted molar refractivity (Wildman–Crippen MR) is 78.5 cm³/mol. The first kappa shape index (κ1) is 15.1. The summed E-state index contributed by atoms with van der Waals surface area (Å²) < 4.78 is 10.3. The van der Waals surface area contributed by atoms with Crippen LogP contribution in [0.15, 0.2) is 48.5 Å². The molecule has 2 aromatic rings. The largest absolute Gasteiger partial charge is 0.496 e. The molecular weight excluding hydrogens is 268 g/mol. The van der Waals surface area contributed by atoms with Crippen LogP contribution >= 0.6 is 0 Å². The average molecular weight is 285 g/mol. The zero-order valence-electron chi connectivity index (χ0n) is 12.0. The zero-order chi connectivity index (χ0) is 15.2. The lowest BCUT2D eigenvalue weighted by Crippen LogP contribution is -2.23. The molecule has 0 spiro atoms.